The Morgan fingerprint density at radius 2 is 1.93 bits per heavy atom. The highest BCUT2D eigenvalue weighted by atomic mass is 16.1. The van der Waals surface area contributed by atoms with Gasteiger partial charge >= 0.3 is 0 Å². The molecule has 1 rings (SSSR count). The van der Waals surface area contributed by atoms with Crippen molar-refractivity contribution in [3.63, 3.8) is 0 Å². The van der Waals surface area contributed by atoms with Gasteiger partial charge in [0.1, 0.15) is 0 Å². The van der Waals surface area contributed by atoms with Crippen LogP contribution in [0, 0.1) is 7.05 Å². The standard InChI is InChI=1S/C11H15N2O/c1-8(12-3)10-4-6-11(7-5-10)13-9(2)14/h4-8,12H,3H2,1-2H3,(H,13,14). The van der Waals surface area contributed by atoms with Crippen molar-refractivity contribution in [3.05, 3.63) is 36.9 Å². The van der Waals surface area contributed by atoms with E-state index >= 15 is 0 Å². The molecular formula is C11H15N2O. The number of amides is 1. The van der Waals surface area contributed by atoms with Gasteiger partial charge in [0.15, 0.2) is 0 Å². The fraction of sp³-hybridized carbons (Fsp3) is 0.273. The summed E-state index contributed by atoms with van der Waals surface area (Å²) in [6.07, 6.45) is 0. The molecule has 0 spiro atoms. The molecule has 1 atom stereocenters. The number of nitrogens with one attached hydrogen (secondary N) is 2. The second-order valence-corrected chi connectivity index (χ2v) is 3.23. The van der Waals surface area contributed by atoms with E-state index in [2.05, 4.69) is 17.7 Å². The molecule has 0 aromatic heterocycles. The third-order valence-corrected chi connectivity index (χ3v) is 2.04. The zero-order valence-corrected chi connectivity index (χ0v) is 8.50. The van der Waals surface area contributed by atoms with Gasteiger partial charge in [0, 0.05) is 25.7 Å². The molecule has 1 amide bonds. The van der Waals surface area contributed by atoms with Crippen molar-refractivity contribution in [1.82, 2.24) is 5.32 Å². The molecule has 1 aromatic carbocycles. The number of benzene rings is 1. The van der Waals surface area contributed by atoms with Gasteiger partial charge in [0.2, 0.25) is 5.91 Å². The van der Waals surface area contributed by atoms with Crippen molar-refractivity contribution in [2.75, 3.05) is 5.32 Å². The van der Waals surface area contributed by atoms with Gasteiger partial charge in [-0.3, -0.25) is 4.79 Å². The van der Waals surface area contributed by atoms with E-state index in [4.69, 9.17) is 0 Å². The Balaban J connectivity index is 2.73. The Kier molecular flexibility index (Phi) is 3.65. The first-order valence-corrected chi connectivity index (χ1v) is 4.53. The number of rotatable bonds is 3. The SMILES string of the molecule is [CH2]NC(C)c1ccc(NC(C)=O)cc1. The molecule has 75 valence electrons. The van der Waals surface area contributed by atoms with E-state index in [0.717, 1.165) is 11.3 Å². The van der Waals surface area contributed by atoms with E-state index in [1.807, 2.05) is 31.2 Å². The van der Waals surface area contributed by atoms with Gasteiger partial charge < -0.3 is 10.6 Å². The molecule has 14 heavy (non-hydrogen) atoms. The molecule has 2 N–H and O–H groups in total. The molecule has 0 aliphatic rings. The monoisotopic (exact) mass is 191 g/mol. The first kappa shape index (κ1) is 10.7. The molecule has 1 aromatic rings. The fourth-order valence-electron chi connectivity index (χ4n) is 1.18. The lowest BCUT2D eigenvalue weighted by atomic mass is 10.1. The fourth-order valence-corrected chi connectivity index (χ4v) is 1.18. The second-order valence-electron chi connectivity index (χ2n) is 3.23. The quantitative estimate of drug-likeness (QED) is 0.768. The molecule has 1 unspecified atom stereocenters. The maximum atomic E-state index is 10.8. The predicted molar refractivity (Wildman–Crippen MR) is 57.7 cm³/mol. The third kappa shape index (κ3) is 2.85. The highest BCUT2D eigenvalue weighted by molar-refractivity contribution is 5.88. The normalized spacial score (nSPS) is 12.2. The van der Waals surface area contributed by atoms with Gasteiger partial charge in [-0.15, -0.1) is 0 Å². The highest BCUT2D eigenvalue weighted by Crippen LogP contribution is 2.15. The zero-order chi connectivity index (χ0) is 10.6. The molecule has 0 saturated heterocycles. The van der Waals surface area contributed by atoms with Gasteiger partial charge in [0.05, 0.1) is 0 Å². The summed E-state index contributed by atoms with van der Waals surface area (Å²) in [7, 11) is 3.61. The summed E-state index contributed by atoms with van der Waals surface area (Å²) < 4.78 is 0. The van der Waals surface area contributed by atoms with Crippen LogP contribution in [0.1, 0.15) is 25.5 Å². The van der Waals surface area contributed by atoms with Gasteiger partial charge in [-0.2, -0.15) is 0 Å². The van der Waals surface area contributed by atoms with E-state index in [1.165, 1.54) is 6.92 Å². The summed E-state index contributed by atoms with van der Waals surface area (Å²) in [6.45, 7) is 3.52. The molecule has 0 saturated carbocycles. The molecule has 0 aliphatic heterocycles. The van der Waals surface area contributed by atoms with Crippen LogP contribution in [0.25, 0.3) is 0 Å². The van der Waals surface area contributed by atoms with E-state index < -0.39 is 0 Å². The molecular weight excluding hydrogens is 176 g/mol. The van der Waals surface area contributed by atoms with Gasteiger partial charge in [0.25, 0.3) is 0 Å². The number of carbonyl (C=O) groups is 1. The maximum absolute atomic E-state index is 10.8. The lowest BCUT2D eigenvalue weighted by Crippen LogP contribution is -2.10. The second kappa shape index (κ2) is 4.77. The number of hydrogen-bond acceptors (Lipinski definition) is 2. The molecule has 3 nitrogen and oxygen atoms in total. The zero-order valence-electron chi connectivity index (χ0n) is 8.50. The Morgan fingerprint density at radius 3 is 2.36 bits per heavy atom. The molecule has 3 heteroatoms. The van der Waals surface area contributed by atoms with E-state index in [1.54, 1.807) is 0 Å². The lowest BCUT2D eigenvalue weighted by Gasteiger charge is -2.10. The van der Waals surface area contributed by atoms with Crippen molar-refractivity contribution in [1.29, 1.82) is 0 Å². The Morgan fingerprint density at radius 1 is 1.36 bits per heavy atom. The lowest BCUT2D eigenvalue weighted by molar-refractivity contribution is -0.114. The first-order valence-electron chi connectivity index (χ1n) is 4.53. The molecule has 1 radical (unpaired) electrons. The van der Waals surface area contributed by atoms with E-state index in [9.17, 15) is 4.79 Å². The molecule has 0 heterocycles. The van der Waals surface area contributed by atoms with Crippen LogP contribution in [-0.2, 0) is 4.79 Å². The number of hydrogen-bond donors (Lipinski definition) is 2. The van der Waals surface area contributed by atoms with Crippen molar-refractivity contribution in [3.8, 4) is 0 Å². The van der Waals surface area contributed by atoms with Crippen LogP contribution < -0.4 is 10.6 Å². The summed E-state index contributed by atoms with van der Waals surface area (Å²) >= 11 is 0. The summed E-state index contributed by atoms with van der Waals surface area (Å²) in [5.74, 6) is -0.0546. The predicted octanol–water partition coefficient (Wildman–Crippen LogP) is 2.09. The van der Waals surface area contributed by atoms with Crippen LogP contribution in [0.4, 0.5) is 5.69 Å². The third-order valence-electron chi connectivity index (χ3n) is 2.04. The van der Waals surface area contributed by atoms with Crippen LogP contribution in [0.15, 0.2) is 24.3 Å². The summed E-state index contributed by atoms with van der Waals surface area (Å²) in [4.78, 5) is 10.8. The van der Waals surface area contributed by atoms with E-state index in [-0.39, 0.29) is 11.9 Å². The van der Waals surface area contributed by atoms with Crippen LogP contribution in [0.3, 0.4) is 0 Å². The molecule has 0 bridgehead atoms. The topological polar surface area (TPSA) is 41.1 Å². The highest BCUT2D eigenvalue weighted by Gasteiger charge is 2.01. The number of carbonyl (C=O) groups excluding carboxylic acids is 1. The van der Waals surface area contributed by atoms with Crippen molar-refractivity contribution >= 4 is 11.6 Å². The minimum atomic E-state index is -0.0546. The maximum Gasteiger partial charge on any atom is 0.221 e. The van der Waals surface area contributed by atoms with Gasteiger partial charge in [-0.05, 0) is 24.6 Å². The Labute approximate surface area is 84.5 Å². The average molecular weight is 191 g/mol. The first-order chi connectivity index (χ1) is 6.63. The Hall–Kier alpha value is -1.35. The largest absolute Gasteiger partial charge is 0.326 e. The van der Waals surface area contributed by atoms with Crippen molar-refractivity contribution in [2.24, 2.45) is 0 Å². The van der Waals surface area contributed by atoms with Crippen LogP contribution in [0.5, 0.6) is 0 Å². The smallest absolute Gasteiger partial charge is 0.221 e. The van der Waals surface area contributed by atoms with Crippen LogP contribution in [-0.4, -0.2) is 5.91 Å². The van der Waals surface area contributed by atoms with Crippen molar-refractivity contribution < 1.29 is 4.79 Å². The summed E-state index contributed by atoms with van der Waals surface area (Å²) in [5, 5.41) is 5.62. The van der Waals surface area contributed by atoms with Crippen molar-refractivity contribution in [2.45, 2.75) is 19.9 Å². The minimum absolute atomic E-state index is 0.0546. The number of anilines is 1. The minimum Gasteiger partial charge on any atom is -0.326 e. The Bertz CT molecular complexity index is 306. The average Bonchev–Trinajstić information content (AvgIpc) is 2.17. The molecule has 0 fully saturated rings. The van der Waals surface area contributed by atoms with Gasteiger partial charge in [-0.25, -0.2) is 0 Å². The van der Waals surface area contributed by atoms with Gasteiger partial charge in [-0.1, -0.05) is 12.1 Å². The van der Waals surface area contributed by atoms with Crippen LogP contribution >= 0.6 is 0 Å². The van der Waals surface area contributed by atoms with Crippen LogP contribution in [0.2, 0.25) is 0 Å². The van der Waals surface area contributed by atoms with E-state index in [0.29, 0.717) is 0 Å². The summed E-state index contributed by atoms with van der Waals surface area (Å²) in [5.41, 5.74) is 1.96. The summed E-state index contributed by atoms with van der Waals surface area (Å²) in [6, 6.07) is 7.92. The molecule has 0 aliphatic carbocycles.